The summed E-state index contributed by atoms with van der Waals surface area (Å²) in [6, 6.07) is 3.10. The van der Waals surface area contributed by atoms with E-state index in [1.807, 2.05) is 0 Å². The predicted octanol–water partition coefficient (Wildman–Crippen LogP) is 1.84. The fourth-order valence-corrected chi connectivity index (χ4v) is 1.23. The lowest BCUT2D eigenvalue weighted by Gasteiger charge is -2.04. The van der Waals surface area contributed by atoms with Crippen molar-refractivity contribution in [2.45, 2.75) is 13.8 Å². The first kappa shape index (κ1) is 12.8. The lowest BCUT2D eigenvalue weighted by Crippen LogP contribution is -2.02. The second kappa shape index (κ2) is 5.50. The third-order valence-electron chi connectivity index (χ3n) is 1.97. The van der Waals surface area contributed by atoms with Crippen molar-refractivity contribution in [3.8, 4) is 0 Å². The molecule has 5 heteroatoms. The standard InChI is InChI=1S/C10H10O3.N2/c1-6-3-7(2)9(10(12)13)4-8(6)5-11;1-2/h3-5H,1-2H3,(H,12,13);. The number of aldehydes is 1. The van der Waals surface area contributed by atoms with Gasteiger partial charge >= 0.3 is 5.97 Å². The van der Waals surface area contributed by atoms with Crippen molar-refractivity contribution in [1.82, 2.24) is 0 Å². The van der Waals surface area contributed by atoms with Crippen LogP contribution in [0.2, 0.25) is 0 Å². The van der Waals surface area contributed by atoms with Crippen molar-refractivity contribution in [3.63, 3.8) is 0 Å². The van der Waals surface area contributed by atoms with Gasteiger partial charge in [-0.15, -0.1) is 0 Å². The van der Waals surface area contributed by atoms with Gasteiger partial charge in [0.15, 0.2) is 0 Å². The number of carboxylic acid groups (broad SMARTS) is 1. The van der Waals surface area contributed by atoms with Crippen molar-refractivity contribution in [3.05, 3.63) is 34.4 Å². The Morgan fingerprint density at radius 3 is 2.20 bits per heavy atom. The highest BCUT2D eigenvalue weighted by Crippen LogP contribution is 2.14. The maximum Gasteiger partial charge on any atom is 0.335 e. The summed E-state index contributed by atoms with van der Waals surface area (Å²) in [5.74, 6) is -0.999. The summed E-state index contributed by atoms with van der Waals surface area (Å²) in [7, 11) is 0. The molecule has 0 aliphatic heterocycles. The quantitative estimate of drug-likeness (QED) is 0.587. The Labute approximate surface area is 86.8 Å². The van der Waals surface area contributed by atoms with E-state index in [1.165, 1.54) is 6.07 Å². The molecule has 15 heavy (non-hydrogen) atoms. The Morgan fingerprint density at radius 1 is 1.27 bits per heavy atom. The van der Waals surface area contributed by atoms with E-state index in [-0.39, 0.29) is 5.56 Å². The van der Waals surface area contributed by atoms with Crippen LogP contribution in [0.3, 0.4) is 0 Å². The monoisotopic (exact) mass is 206 g/mol. The molecule has 0 fully saturated rings. The van der Waals surface area contributed by atoms with Gasteiger partial charge in [0.05, 0.1) is 5.56 Å². The molecule has 0 unspecified atom stereocenters. The number of rotatable bonds is 2. The fourth-order valence-electron chi connectivity index (χ4n) is 1.23. The smallest absolute Gasteiger partial charge is 0.335 e. The van der Waals surface area contributed by atoms with Crippen molar-refractivity contribution in [2.24, 2.45) is 0 Å². The number of carbonyl (C=O) groups is 2. The molecule has 0 saturated heterocycles. The Hall–Kier alpha value is -2.22. The third-order valence-corrected chi connectivity index (χ3v) is 1.97. The Bertz CT molecular complexity index is 411. The molecule has 5 nitrogen and oxygen atoms in total. The minimum absolute atomic E-state index is 0.188. The van der Waals surface area contributed by atoms with E-state index in [4.69, 9.17) is 15.9 Å². The van der Waals surface area contributed by atoms with Crippen LogP contribution in [0, 0.1) is 24.6 Å². The summed E-state index contributed by atoms with van der Waals surface area (Å²) in [4.78, 5) is 21.2. The molecule has 0 aliphatic rings. The summed E-state index contributed by atoms with van der Waals surface area (Å²) in [6.07, 6.45) is 0.668. The van der Waals surface area contributed by atoms with Gasteiger partial charge in [0.25, 0.3) is 0 Å². The van der Waals surface area contributed by atoms with Crippen LogP contribution in [-0.4, -0.2) is 17.4 Å². The highest BCUT2D eigenvalue weighted by atomic mass is 16.4. The summed E-state index contributed by atoms with van der Waals surface area (Å²) in [5, 5.41) is 20.8. The van der Waals surface area contributed by atoms with Gasteiger partial charge in [0.1, 0.15) is 6.29 Å². The van der Waals surface area contributed by atoms with Crippen LogP contribution in [0.15, 0.2) is 12.1 Å². The average molecular weight is 206 g/mol. The Morgan fingerprint density at radius 2 is 1.80 bits per heavy atom. The van der Waals surface area contributed by atoms with E-state index in [2.05, 4.69) is 0 Å². The number of benzene rings is 1. The predicted molar refractivity (Wildman–Crippen MR) is 51.7 cm³/mol. The fraction of sp³-hybridized carbons (Fsp3) is 0.200. The topological polar surface area (TPSA) is 102 Å². The summed E-state index contributed by atoms with van der Waals surface area (Å²) in [6.45, 7) is 3.49. The van der Waals surface area contributed by atoms with E-state index >= 15 is 0 Å². The highest BCUT2D eigenvalue weighted by molar-refractivity contribution is 5.92. The molecule has 0 radical (unpaired) electrons. The zero-order valence-electron chi connectivity index (χ0n) is 8.39. The van der Waals surface area contributed by atoms with Crippen molar-refractivity contribution < 1.29 is 14.7 Å². The van der Waals surface area contributed by atoms with E-state index in [0.717, 1.165) is 5.56 Å². The number of hydrogen-bond donors (Lipinski definition) is 1. The third kappa shape index (κ3) is 2.88. The molecule has 0 amide bonds. The van der Waals surface area contributed by atoms with Crippen molar-refractivity contribution in [2.75, 3.05) is 0 Å². The van der Waals surface area contributed by atoms with E-state index in [9.17, 15) is 9.59 Å². The van der Waals surface area contributed by atoms with Gasteiger partial charge in [-0.25, -0.2) is 4.79 Å². The molecular weight excluding hydrogens is 196 g/mol. The molecule has 0 aliphatic carbocycles. The molecular formula is C10H10N2O3. The molecule has 1 aromatic rings. The van der Waals surface area contributed by atoms with E-state index < -0.39 is 5.97 Å². The summed E-state index contributed by atoms with van der Waals surface area (Å²) in [5.41, 5.74) is 2.10. The van der Waals surface area contributed by atoms with Crippen LogP contribution in [-0.2, 0) is 0 Å². The maximum atomic E-state index is 10.7. The maximum absolute atomic E-state index is 10.7. The zero-order valence-corrected chi connectivity index (χ0v) is 8.39. The van der Waals surface area contributed by atoms with Gasteiger partial charge in [-0.05, 0) is 31.0 Å². The minimum atomic E-state index is -0.999. The summed E-state index contributed by atoms with van der Waals surface area (Å²) < 4.78 is 0. The van der Waals surface area contributed by atoms with Crippen LogP contribution in [0.25, 0.3) is 0 Å². The lowest BCUT2D eigenvalue weighted by atomic mass is 10.0. The van der Waals surface area contributed by atoms with Crippen LogP contribution in [0.5, 0.6) is 0 Å². The largest absolute Gasteiger partial charge is 0.478 e. The normalized spacial score (nSPS) is 8.53. The van der Waals surface area contributed by atoms with Gasteiger partial charge in [-0.2, -0.15) is 0 Å². The molecule has 0 saturated carbocycles. The molecule has 1 rings (SSSR count). The van der Waals surface area contributed by atoms with Crippen LogP contribution in [0.4, 0.5) is 0 Å². The van der Waals surface area contributed by atoms with Gasteiger partial charge in [-0.1, -0.05) is 6.07 Å². The lowest BCUT2D eigenvalue weighted by molar-refractivity contribution is 0.0696. The van der Waals surface area contributed by atoms with Gasteiger partial charge in [-0.3, -0.25) is 4.79 Å². The van der Waals surface area contributed by atoms with Crippen LogP contribution >= 0.6 is 0 Å². The zero-order chi connectivity index (χ0) is 12.0. The van der Waals surface area contributed by atoms with E-state index in [1.54, 1.807) is 19.9 Å². The average Bonchev–Trinajstić information content (AvgIpc) is 2.20. The number of hydrogen-bond acceptors (Lipinski definition) is 4. The van der Waals surface area contributed by atoms with Gasteiger partial charge in [0, 0.05) is 16.3 Å². The van der Waals surface area contributed by atoms with Crippen LogP contribution < -0.4 is 0 Å². The number of carboxylic acids is 1. The number of aryl methyl sites for hydroxylation is 2. The van der Waals surface area contributed by atoms with Crippen molar-refractivity contribution >= 4 is 12.3 Å². The SMILES string of the molecule is Cc1cc(C)c(C(=O)O)cc1C=O.N#N. The first-order chi connectivity index (χ1) is 7.06. The number of nitrogens with zero attached hydrogens (tertiary/aromatic N) is 2. The molecule has 1 N–H and O–H groups in total. The molecule has 78 valence electrons. The van der Waals surface area contributed by atoms with Crippen molar-refractivity contribution in [1.29, 1.82) is 10.8 Å². The van der Waals surface area contributed by atoms with Gasteiger partial charge < -0.3 is 5.11 Å². The molecule has 1 aromatic carbocycles. The molecule has 0 atom stereocenters. The molecule has 0 spiro atoms. The molecule has 0 aromatic heterocycles. The second-order valence-corrected chi connectivity index (χ2v) is 2.95. The van der Waals surface area contributed by atoms with E-state index in [0.29, 0.717) is 17.4 Å². The Kier molecular flexibility index (Phi) is 4.68. The highest BCUT2D eigenvalue weighted by Gasteiger charge is 2.09. The van der Waals surface area contributed by atoms with Gasteiger partial charge in [0.2, 0.25) is 0 Å². The van der Waals surface area contributed by atoms with Crippen LogP contribution in [0.1, 0.15) is 31.8 Å². The minimum Gasteiger partial charge on any atom is -0.478 e. The summed E-state index contributed by atoms with van der Waals surface area (Å²) >= 11 is 0. The number of aromatic carboxylic acids is 1. The molecule has 0 heterocycles. The first-order valence-electron chi connectivity index (χ1n) is 4.06. The number of carbonyl (C=O) groups excluding carboxylic acids is 1. The molecule has 0 bridgehead atoms. The second-order valence-electron chi connectivity index (χ2n) is 2.95. The Balaban J connectivity index is 0.000000921. The first-order valence-corrected chi connectivity index (χ1v) is 4.06.